The highest BCUT2D eigenvalue weighted by atomic mass is 127. The number of hydrogen-bond acceptors (Lipinski definition) is 4. The molecule has 0 amide bonds. The fourth-order valence-corrected chi connectivity index (χ4v) is 1.69. The first kappa shape index (κ1) is 21.2. The van der Waals surface area contributed by atoms with Crippen molar-refractivity contribution in [1.29, 1.82) is 0 Å². The highest BCUT2D eigenvalue weighted by Crippen LogP contribution is 2.07. The molecule has 128 valence electrons. The van der Waals surface area contributed by atoms with Gasteiger partial charge in [-0.2, -0.15) is 0 Å². The highest BCUT2D eigenvalue weighted by molar-refractivity contribution is 14.0. The zero-order chi connectivity index (χ0) is 15.7. The molecule has 0 aliphatic rings. The number of aliphatic imine (C=N–C) groups is 1. The quantitative estimate of drug-likeness (QED) is 0.291. The third-order valence-electron chi connectivity index (χ3n) is 2.91. The van der Waals surface area contributed by atoms with Gasteiger partial charge in [-0.15, -0.1) is 24.0 Å². The van der Waals surface area contributed by atoms with Crippen LogP contribution in [0.15, 0.2) is 9.41 Å². The number of oxazole rings is 1. The van der Waals surface area contributed by atoms with E-state index in [0.717, 1.165) is 43.6 Å². The number of rotatable bonds is 8. The van der Waals surface area contributed by atoms with Crippen LogP contribution in [0.25, 0.3) is 0 Å². The summed E-state index contributed by atoms with van der Waals surface area (Å²) in [7, 11) is 1.75. The monoisotopic (exact) mass is 424 g/mol. The molecular weight excluding hydrogens is 395 g/mol. The van der Waals surface area contributed by atoms with Gasteiger partial charge >= 0.3 is 0 Å². The van der Waals surface area contributed by atoms with Crippen molar-refractivity contribution in [1.82, 2.24) is 15.6 Å². The molecule has 0 saturated heterocycles. The van der Waals surface area contributed by atoms with Gasteiger partial charge < -0.3 is 19.8 Å². The molecular formula is C15H29IN4O2. The summed E-state index contributed by atoms with van der Waals surface area (Å²) in [5.74, 6) is 2.86. The fraction of sp³-hybridized carbons (Fsp3) is 0.733. The summed E-state index contributed by atoms with van der Waals surface area (Å²) < 4.78 is 11.0. The number of ether oxygens (including phenoxy) is 1. The van der Waals surface area contributed by atoms with E-state index in [2.05, 4.69) is 34.5 Å². The first-order chi connectivity index (χ1) is 10.0. The molecule has 1 heterocycles. The molecule has 7 heteroatoms. The Labute approximate surface area is 150 Å². The number of hydrogen-bond donors (Lipinski definition) is 2. The third kappa shape index (κ3) is 8.57. The van der Waals surface area contributed by atoms with Crippen LogP contribution in [0.5, 0.6) is 0 Å². The number of aryl methyl sites for hydroxylation is 2. The molecule has 1 rings (SSSR count). The van der Waals surface area contributed by atoms with E-state index in [1.165, 1.54) is 0 Å². The van der Waals surface area contributed by atoms with E-state index >= 15 is 0 Å². The predicted octanol–water partition coefficient (Wildman–Crippen LogP) is 2.64. The van der Waals surface area contributed by atoms with Gasteiger partial charge in [-0.05, 0) is 26.2 Å². The van der Waals surface area contributed by atoms with Crippen molar-refractivity contribution < 1.29 is 9.15 Å². The van der Waals surface area contributed by atoms with Gasteiger partial charge in [0.2, 0.25) is 5.89 Å². The van der Waals surface area contributed by atoms with Crippen LogP contribution >= 0.6 is 24.0 Å². The number of halogens is 1. The van der Waals surface area contributed by atoms with E-state index in [1.54, 1.807) is 7.05 Å². The lowest BCUT2D eigenvalue weighted by molar-refractivity contribution is 0.108. The molecule has 1 aromatic heterocycles. The van der Waals surface area contributed by atoms with Gasteiger partial charge in [0.1, 0.15) is 5.76 Å². The van der Waals surface area contributed by atoms with Crippen molar-refractivity contribution in [2.45, 2.75) is 40.7 Å². The molecule has 0 spiro atoms. The van der Waals surface area contributed by atoms with Crippen molar-refractivity contribution in [3.05, 3.63) is 17.3 Å². The van der Waals surface area contributed by atoms with E-state index in [-0.39, 0.29) is 24.0 Å². The molecule has 0 saturated carbocycles. The lowest BCUT2D eigenvalue weighted by Crippen LogP contribution is -2.37. The summed E-state index contributed by atoms with van der Waals surface area (Å²) in [5, 5.41) is 6.42. The average Bonchev–Trinajstić information content (AvgIpc) is 2.76. The Bertz CT molecular complexity index is 427. The molecule has 0 aromatic carbocycles. The maximum Gasteiger partial charge on any atom is 0.214 e. The first-order valence-corrected chi connectivity index (χ1v) is 7.48. The Morgan fingerprint density at radius 1 is 1.32 bits per heavy atom. The molecule has 0 aliphatic heterocycles. The van der Waals surface area contributed by atoms with Crippen LogP contribution in [-0.4, -0.2) is 37.7 Å². The van der Waals surface area contributed by atoms with Gasteiger partial charge in [-0.3, -0.25) is 4.99 Å². The van der Waals surface area contributed by atoms with E-state index < -0.39 is 0 Å². The summed E-state index contributed by atoms with van der Waals surface area (Å²) >= 11 is 0. The molecule has 0 fully saturated rings. The van der Waals surface area contributed by atoms with E-state index in [4.69, 9.17) is 9.15 Å². The van der Waals surface area contributed by atoms with Gasteiger partial charge in [0.25, 0.3) is 0 Å². The largest absolute Gasteiger partial charge is 0.444 e. The number of nitrogens with zero attached hydrogens (tertiary/aromatic N) is 2. The molecule has 0 aliphatic carbocycles. The molecule has 0 radical (unpaired) electrons. The third-order valence-corrected chi connectivity index (χ3v) is 2.91. The fourth-order valence-electron chi connectivity index (χ4n) is 1.69. The summed E-state index contributed by atoms with van der Waals surface area (Å²) in [5.41, 5.74) is 0.928. The maximum atomic E-state index is 5.53. The Kier molecular flexibility index (Phi) is 11.3. The average molecular weight is 424 g/mol. The van der Waals surface area contributed by atoms with Crippen LogP contribution in [-0.2, 0) is 11.3 Å². The molecule has 1 aromatic rings. The molecule has 6 nitrogen and oxygen atoms in total. The Morgan fingerprint density at radius 2 is 2.05 bits per heavy atom. The van der Waals surface area contributed by atoms with Crippen molar-refractivity contribution in [3.8, 4) is 0 Å². The van der Waals surface area contributed by atoms with Crippen LogP contribution in [0.3, 0.4) is 0 Å². The molecule has 2 N–H and O–H groups in total. The lowest BCUT2D eigenvalue weighted by atomic mass is 10.2. The summed E-state index contributed by atoms with van der Waals surface area (Å²) in [6.07, 6.45) is 0.949. The Balaban J connectivity index is 0.00000441. The number of guanidine groups is 1. The summed E-state index contributed by atoms with van der Waals surface area (Å²) in [4.78, 5) is 8.48. The van der Waals surface area contributed by atoms with Crippen molar-refractivity contribution in [2.24, 2.45) is 10.9 Å². The minimum atomic E-state index is 0. The van der Waals surface area contributed by atoms with Gasteiger partial charge in [0.15, 0.2) is 5.96 Å². The topological polar surface area (TPSA) is 71.7 Å². The van der Waals surface area contributed by atoms with Crippen molar-refractivity contribution in [3.63, 3.8) is 0 Å². The Hall–Kier alpha value is -0.830. The van der Waals surface area contributed by atoms with Gasteiger partial charge in [-0.25, -0.2) is 4.98 Å². The van der Waals surface area contributed by atoms with Gasteiger partial charge in [0.05, 0.1) is 12.2 Å². The van der Waals surface area contributed by atoms with E-state index in [1.807, 2.05) is 13.8 Å². The van der Waals surface area contributed by atoms with E-state index in [0.29, 0.717) is 18.4 Å². The minimum Gasteiger partial charge on any atom is -0.444 e. The normalized spacial score (nSPS) is 11.5. The van der Waals surface area contributed by atoms with Gasteiger partial charge in [-0.1, -0.05) is 13.8 Å². The zero-order valence-electron chi connectivity index (χ0n) is 14.2. The lowest BCUT2D eigenvalue weighted by Gasteiger charge is -2.11. The molecule has 0 bridgehead atoms. The van der Waals surface area contributed by atoms with Crippen molar-refractivity contribution in [2.75, 3.05) is 26.8 Å². The zero-order valence-corrected chi connectivity index (χ0v) is 16.6. The van der Waals surface area contributed by atoms with Crippen LogP contribution in [0.1, 0.15) is 37.6 Å². The Morgan fingerprint density at radius 3 is 2.59 bits per heavy atom. The van der Waals surface area contributed by atoms with Crippen molar-refractivity contribution >= 4 is 29.9 Å². The molecule has 22 heavy (non-hydrogen) atoms. The van der Waals surface area contributed by atoms with Crippen LogP contribution in [0.4, 0.5) is 0 Å². The predicted molar refractivity (Wildman–Crippen MR) is 99.9 cm³/mol. The SMILES string of the molecule is CN=C(NCCCOCC(C)C)NCc1nc(C)c(C)o1.I. The maximum absolute atomic E-state index is 5.53. The van der Waals surface area contributed by atoms with Gasteiger partial charge in [0, 0.05) is 26.8 Å². The molecule has 0 atom stereocenters. The second-order valence-electron chi connectivity index (χ2n) is 5.42. The second-order valence-corrected chi connectivity index (χ2v) is 5.42. The van der Waals surface area contributed by atoms with Crippen LogP contribution in [0, 0.1) is 19.8 Å². The second kappa shape index (κ2) is 11.7. The van der Waals surface area contributed by atoms with Crippen LogP contribution < -0.4 is 10.6 Å². The summed E-state index contributed by atoms with van der Waals surface area (Å²) in [6.45, 7) is 11.1. The van der Waals surface area contributed by atoms with E-state index in [9.17, 15) is 0 Å². The number of aromatic nitrogens is 1. The highest BCUT2D eigenvalue weighted by Gasteiger charge is 2.06. The standard InChI is InChI=1S/C15H28N4O2.HI/c1-11(2)10-20-8-6-7-17-15(16-5)18-9-14-19-12(3)13(4)21-14;/h11H,6-10H2,1-5H3,(H2,16,17,18);1H. The number of nitrogens with one attached hydrogen (secondary N) is 2. The summed E-state index contributed by atoms with van der Waals surface area (Å²) in [6, 6.07) is 0. The smallest absolute Gasteiger partial charge is 0.214 e. The minimum absolute atomic E-state index is 0. The van der Waals surface area contributed by atoms with Crippen LogP contribution in [0.2, 0.25) is 0 Å². The first-order valence-electron chi connectivity index (χ1n) is 7.48. The molecule has 0 unspecified atom stereocenters.